The van der Waals surface area contributed by atoms with Gasteiger partial charge in [0.25, 0.3) is 0 Å². The minimum absolute atomic E-state index is 0.156. The minimum atomic E-state index is -0.935. The lowest BCUT2D eigenvalue weighted by Gasteiger charge is -2.24. The van der Waals surface area contributed by atoms with Crippen LogP contribution < -0.4 is 0 Å². The van der Waals surface area contributed by atoms with Crippen LogP contribution in [0.2, 0.25) is 0 Å². The first-order valence-electron chi connectivity index (χ1n) is 8.48. The normalized spacial score (nSPS) is 8.70. The highest BCUT2D eigenvalue weighted by atomic mass is 16.4. The molecule has 0 aromatic heterocycles. The summed E-state index contributed by atoms with van der Waals surface area (Å²) in [6, 6.07) is 0. The topological polar surface area (TPSA) is 182 Å². The SMILES string of the molecule is C=C(C)C(=O)O.C=C(C)C(=O)O.C=C(C)C(=O)O.CCC(CO)(CO)CO.COC. The highest BCUT2D eigenvalue weighted by molar-refractivity contribution is 5.85. The van der Waals surface area contributed by atoms with Gasteiger partial charge in [0, 0.05) is 36.4 Å². The first kappa shape index (κ1) is 38.1. The van der Waals surface area contributed by atoms with Crippen LogP contribution in [0.25, 0.3) is 0 Å². The maximum absolute atomic E-state index is 9.60. The van der Waals surface area contributed by atoms with E-state index in [4.69, 9.17) is 30.6 Å². The van der Waals surface area contributed by atoms with Crippen molar-refractivity contribution in [3.63, 3.8) is 0 Å². The second kappa shape index (κ2) is 24.5. The van der Waals surface area contributed by atoms with Crippen LogP contribution in [-0.4, -0.2) is 82.6 Å². The lowest BCUT2D eigenvalue weighted by molar-refractivity contribution is -0.133. The van der Waals surface area contributed by atoms with E-state index >= 15 is 0 Å². The first-order chi connectivity index (χ1) is 13.6. The van der Waals surface area contributed by atoms with E-state index in [-0.39, 0.29) is 36.5 Å². The Morgan fingerprint density at radius 1 is 0.700 bits per heavy atom. The van der Waals surface area contributed by atoms with E-state index in [1.54, 1.807) is 14.2 Å². The molecule has 0 aliphatic heterocycles. The molecule has 0 fully saturated rings. The summed E-state index contributed by atoms with van der Waals surface area (Å²) in [5, 5.41) is 49.6. The molecule has 6 N–H and O–H groups in total. The van der Waals surface area contributed by atoms with Gasteiger partial charge in [-0.25, -0.2) is 14.4 Å². The van der Waals surface area contributed by atoms with Crippen molar-refractivity contribution in [2.75, 3.05) is 34.0 Å². The quantitative estimate of drug-likeness (QED) is 0.319. The van der Waals surface area contributed by atoms with Gasteiger partial charge in [0.15, 0.2) is 0 Å². The molecule has 0 aliphatic carbocycles. The maximum atomic E-state index is 9.60. The number of aliphatic hydroxyl groups is 3. The van der Waals surface area contributed by atoms with Gasteiger partial charge in [-0.15, -0.1) is 0 Å². The largest absolute Gasteiger partial charge is 0.478 e. The number of hydrogen-bond donors (Lipinski definition) is 6. The van der Waals surface area contributed by atoms with Gasteiger partial charge in [-0.3, -0.25) is 0 Å². The number of hydrogen-bond acceptors (Lipinski definition) is 7. The van der Waals surface area contributed by atoms with Crippen LogP contribution in [0.15, 0.2) is 36.5 Å². The zero-order valence-electron chi connectivity index (χ0n) is 18.8. The predicted octanol–water partition coefficient (Wildman–Crippen LogP) is 1.56. The van der Waals surface area contributed by atoms with E-state index in [1.807, 2.05) is 6.92 Å². The third-order valence-corrected chi connectivity index (χ3v) is 2.85. The minimum Gasteiger partial charge on any atom is -0.478 e. The Morgan fingerprint density at radius 2 is 0.833 bits per heavy atom. The molecule has 0 aliphatic rings. The van der Waals surface area contributed by atoms with Gasteiger partial charge in [-0.1, -0.05) is 26.7 Å². The van der Waals surface area contributed by atoms with E-state index in [9.17, 15) is 14.4 Å². The molecule has 0 heterocycles. The zero-order valence-corrected chi connectivity index (χ0v) is 18.8. The zero-order chi connectivity index (χ0) is 25.5. The Bertz CT molecular complexity index is 409. The summed E-state index contributed by atoms with van der Waals surface area (Å²) in [5.41, 5.74) is -0.139. The number of aliphatic carboxylic acids is 3. The maximum Gasteiger partial charge on any atom is 0.330 e. The van der Waals surface area contributed by atoms with Crippen molar-refractivity contribution in [3.05, 3.63) is 36.5 Å². The first-order valence-corrected chi connectivity index (χ1v) is 8.48. The molecular weight excluding hydrogens is 400 g/mol. The molecule has 178 valence electrons. The van der Waals surface area contributed by atoms with Gasteiger partial charge < -0.3 is 35.4 Å². The van der Waals surface area contributed by atoms with Gasteiger partial charge >= 0.3 is 17.9 Å². The molecule has 0 aromatic rings. The Balaban J connectivity index is -0.0000000900. The lowest BCUT2D eigenvalue weighted by Crippen LogP contribution is -2.32. The third kappa shape index (κ3) is 33.1. The lowest BCUT2D eigenvalue weighted by atomic mass is 9.88. The van der Waals surface area contributed by atoms with Crippen LogP contribution >= 0.6 is 0 Å². The van der Waals surface area contributed by atoms with E-state index in [0.29, 0.717) is 6.42 Å². The Kier molecular flexibility index (Phi) is 31.1. The standard InChI is InChI=1S/C6H14O3.3C4H6O2.C2H6O/c1-2-6(3-7,4-8)5-9;3*1-3(2)4(5)6;1-3-2/h7-9H,2-5H2,1H3;3*1H2,2H3,(H,5,6);1-2H3. The molecular formula is C20H38O10. The monoisotopic (exact) mass is 438 g/mol. The molecule has 0 bridgehead atoms. The van der Waals surface area contributed by atoms with Crippen LogP contribution in [0.1, 0.15) is 34.1 Å². The van der Waals surface area contributed by atoms with Gasteiger partial charge in [0.05, 0.1) is 19.8 Å². The average Bonchev–Trinajstić information content (AvgIpc) is 2.66. The van der Waals surface area contributed by atoms with E-state index in [1.165, 1.54) is 20.8 Å². The molecule has 0 amide bonds. The summed E-state index contributed by atoms with van der Waals surface area (Å²) in [5.74, 6) is -2.81. The van der Waals surface area contributed by atoms with E-state index in [2.05, 4.69) is 24.5 Å². The summed E-state index contributed by atoms with van der Waals surface area (Å²) in [4.78, 5) is 28.8. The molecule has 0 unspecified atom stereocenters. The number of ether oxygens (including phenoxy) is 1. The molecule has 0 rings (SSSR count). The number of aliphatic hydroxyl groups excluding tert-OH is 3. The van der Waals surface area contributed by atoms with Crippen molar-refractivity contribution in [1.29, 1.82) is 0 Å². The smallest absolute Gasteiger partial charge is 0.330 e. The molecule has 10 nitrogen and oxygen atoms in total. The number of rotatable bonds is 7. The van der Waals surface area contributed by atoms with Crippen molar-refractivity contribution >= 4 is 17.9 Å². The van der Waals surface area contributed by atoms with E-state index < -0.39 is 23.3 Å². The second-order valence-electron chi connectivity index (χ2n) is 5.99. The average molecular weight is 439 g/mol. The van der Waals surface area contributed by atoms with E-state index in [0.717, 1.165) is 0 Å². The summed E-state index contributed by atoms with van der Waals surface area (Å²) < 4.78 is 4.25. The fourth-order valence-electron chi connectivity index (χ4n) is 0.485. The molecule has 0 aromatic carbocycles. The third-order valence-electron chi connectivity index (χ3n) is 2.85. The molecule has 0 saturated heterocycles. The predicted molar refractivity (Wildman–Crippen MR) is 114 cm³/mol. The summed E-state index contributed by atoms with van der Waals surface area (Å²) in [7, 11) is 3.25. The van der Waals surface area contributed by atoms with Crippen molar-refractivity contribution in [2.45, 2.75) is 34.1 Å². The van der Waals surface area contributed by atoms with Crippen molar-refractivity contribution in [1.82, 2.24) is 0 Å². The second-order valence-corrected chi connectivity index (χ2v) is 5.99. The summed E-state index contributed by atoms with van der Waals surface area (Å²) in [6.07, 6.45) is 0.594. The Labute approximate surface area is 178 Å². The van der Waals surface area contributed by atoms with Crippen LogP contribution in [0.4, 0.5) is 0 Å². The van der Waals surface area contributed by atoms with Gasteiger partial charge in [-0.2, -0.15) is 0 Å². The summed E-state index contributed by atoms with van der Waals surface area (Å²) in [6.45, 7) is 15.2. The number of carboxylic acids is 3. The summed E-state index contributed by atoms with van der Waals surface area (Å²) >= 11 is 0. The molecule has 0 radical (unpaired) electrons. The number of carbonyl (C=O) groups is 3. The van der Waals surface area contributed by atoms with Crippen LogP contribution in [0, 0.1) is 5.41 Å². The molecule has 10 heteroatoms. The van der Waals surface area contributed by atoms with Crippen LogP contribution in [0.3, 0.4) is 0 Å². The van der Waals surface area contributed by atoms with Crippen LogP contribution in [-0.2, 0) is 19.1 Å². The molecule has 0 atom stereocenters. The fraction of sp³-hybridized carbons (Fsp3) is 0.550. The molecule has 0 saturated carbocycles. The molecule has 30 heavy (non-hydrogen) atoms. The van der Waals surface area contributed by atoms with Gasteiger partial charge in [-0.05, 0) is 27.2 Å². The number of methoxy groups -OCH3 is 1. The van der Waals surface area contributed by atoms with Gasteiger partial charge in [0.2, 0.25) is 0 Å². The van der Waals surface area contributed by atoms with Crippen molar-refractivity contribution < 1.29 is 49.8 Å². The number of carboxylic acid groups (broad SMARTS) is 3. The highest BCUT2D eigenvalue weighted by Gasteiger charge is 2.24. The Hall–Kier alpha value is -2.53. The fourth-order valence-corrected chi connectivity index (χ4v) is 0.485. The van der Waals surface area contributed by atoms with Crippen molar-refractivity contribution in [2.24, 2.45) is 5.41 Å². The molecule has 0 spiro atoms. The van der Waals surface area contributed by atoms with Gasteiger partial charge in [0.1, 0.15) is 0 Å². The van der Waals surface area contributed by atoms with Crippen LogP contribution in [0.5, 0.6) is 0 Å². The highest BCUT2D eigenvalue weighted by Crippen LogP contribution is 2.18. The van der Waals surface area contributed by atoms with Crippen molar-refractivity contribution in [3.8, 4) is 0 Å². The Morgan fingerprint density at radius 3 is 0.833 bits per heavy atom.